The van der Waals surface area contributed by atoms with Gasteiger partial charge in [-0.25, -0.2) is 4.79 Å². The lowest BCUT2D eigenvalue weighted by Crippen LogP contribution is -2.37. The van der Waals surface area contributed by atoms with E-state index in [1.165, 1.54) is 14.0 Å². The summed E-state index contributed by atoms with van der Waals surface area (Å²) in [5.74, 6) is 0.512. The minimum Gasteiger partial charge on any atom is -0.469 e. The number of benzene rings is 1. The van der Waals surface area contributed by atoms with Crippen LogP contribution in [0.4, 0.5) is 4.79 Å². The first kappa shape index (κ1) is 67.9. The summed E-state index contributed by atoms with van der Waals surface area (Å²) in [5.41, 5.74) is 0.808. The Balaban J connectivity index is -0.000000102. The number of carbonyl (C=O) groups is 5. The van der Waals surface area contributed by atoms with Gasteiger partial charge in [-0.15, -0.1) is 0 Å². The van der Waals surface area contributed by atoms with Crippen LogP contribution in [-0.4, -0.2) is 118 Å². The van der Waals surface area contributed by atoms with E-state index in [0.717, 1.165) is 5.56 Å². The van der Waals surface area contributed by atoms with Crippen LogP contribution in [0.3, 0.4) is 0 Å². The summed E-state index contributed by atoms with van der Waals surface area (Å²) < 4.78 is 4.37. The van der Waals surface area contributed by atoms with Crippen molar-refractivity contribution in [3.63, 3.8) is 0 Å². The van der Waals surface area contributed by atoms with Gasteiger partial charge in [-0.2, -0.15) is 0 Å². The number of hydrogen-bond donors (Lipinski definition) is 5. The van der Waals surface area contributed by atoms with E-state index >= 15 is 0 Å². The number of carbonyl (C=O) groups excluding carboxylic acids is 5. The van der Waals surface area contributed by atoms with Crippen molar-refractivity contribution in [3.05, 3.63) is 35.9 Å². The second-order valence-corrected chi connectivity index (χ2v) is 15.0. The van der Waals surface area contributed by atoms with Gasteiger partial charge in [0.2, 0.25) is 11.8 Å². The van der Waals surface area contributed by atoms with Crippen LogP contribution in [0, 0.1) is 17.8 Å². The maximum atomic E-state index is 11.3. The van der Waals surface area contributed by atoms with E-state index in [4.69, 9.17) is 12.2 Å². The van der Waals surface area contributed by atoms with Gasteiger partial charge in [0.05, 0.1) is 13.0 Å². The summed E-state index contributed by atoms with van der Waals surface area (Å²) >= 11 is 4.81. The molecule has 0 aliphatic rings. The smallest absolute Gasteiger partial charge is 0.314 e. The Kier molecular flexibility index (Phi) is 53.5. The van der Waals surface area contributed by atoms with Gasteiger partial charge in [-0.05, 0) is 81.7 Å². The largest absolute Gasteiger partial charge is 0.469 e. The zero-order valence-electron chi connectivity index (χ0n) is 40.7. The molecule has 0 aromatic heterocycles. The minimum absolute atomic E-state index is 0.00463. The molecule has 0 heterocycles. The van der Waals surface area contributed by atoms with Gasteiger partial charge in [-0.1, -0.05) is 85.7 Å². The predicted octanol–water partition coefficient (Wildman–Crippen LogP) is 7.40. The molecule has 14 heteroatoms. The Morgan fingerprint density at radius 2 is 1.00 bits per heavy atom. The second-order valence-electron chi connectivity index (χ2n) is 14.6. The minimum atomic E-state index is -0.153. The van der Waals surface area contributed by atoms with Crippen molar-refractivity contribution in [1.29, 1.82) is 0 Å². The maximum Gasteiger partial charge on any atom is 0.314 e. The van der Waals surface area contributed by atoms with Crippen molar-refractivity contribution < 1.29 is 28.7 Å². The van der Waals surface area contributed by atoms with Crippen molar-refractivity contribution in [2.24, 2.45) is 17.8 Å². The van der Waals surface area contributed by atoms with E-state index in [1.54, 1.807) is 46.9 Å². The third-order valence-electron chi connectivity index (χ3n) is 6.01. The molecular weight excluding hydrogens is 743 g/mol. The number of nitrogens with one attached hydrogen (secondary N) is 5. The average Bonchev–Trinajstić information content (AvgIpc) is 3.11. The number of urea groups is 1. The van der Waals surface area contributed by atoms with Crippen LogP contribution in [0.1, 0.15) is 128 Å². The molecule has 4 amide bonds. The van der Waals surface area contributed by atoms with Crippen molar-refractivity contribution in [2.45, 2.75) is 142 Å². The number of rotatable bonds is 8. The summed E-state index contributed by atoms with van der Waals surface area (Å²) in [6, 6.07) is 10.9. The maximum absolute atomic E-state index is 11.3. The molecule has 0 aliphatic carbocycles. The van der Waals surface area contributed by atoms with Gasteiger partial charge < -0.3 is 41.1 Å². The fraction of sp³-hybridized carbons (Fsp3) is 0.721. The molecule has 0 aliphatic heterocycles. The fourth-order valence-corrected chi connectivity index (χ4v) is 3.00. The Morgan fingerprint density at radius 1 is 0.614 bits per heavy atom. The van der Waals surface area contributed by atoms with Crippen LogP contribution in [0.5, 0.6) is 0 Å². The molecule has 0 atom stereocenters. The number of thiocarbonyl (C=S) groups is 1. The molecule has 0 spiro atoms. The first-order valence-electron chi connectivity index (χ1n) is 19.8. The molecule has 1 aromatic carbocycles. The standard InChI is InChI=1S/C10H12O.C6H13NO.C5H12N2O.C5H12N2S.C5H11NO.C5H13N.C5H10O2.C2H6/c1-8(2)10(11)9-6-4-3-5-7-9;1-5(2)6(8)7(3)4;2*1-4(2)7-5(8)6-3;1-4(2)6-5(3)7;1-5(2)6(3)4;1-4(2)5(6)7-3;1-2/h3-8H,1-2H3;5H,1-4H3;2*4H,1-3H3,(H2,6,7,8);4H,1-3H3,(H,6,7);5H,1-4H3;4H,1-3H3;1-2H3. The lowest BCUT2D eigenvalue weighted by Gasteiger charge is -2.12. The molecule has 0 bridgehead atoms. The third kappa shape index (κ3) is 61.6. The van der Waals surface area contributed by atoms with E-state index in [-0.39, 0.29) is 59.4 Å². The van der Waals surface area contributed by atoms with Crippen molar-refractivity contribution in [2.75, 3.05) is 49.4 Å². The number of nitrogens with zero attached hydrogens (tertiary/aromatic N) is 2. The predicted molar refractivity (Wildman–Crippen MR) is 248 cm³/mol. The molecular formula is C43H89N7O6S. The zero-order chi connectivity index (χ0) is 47.0. The van der Waals surface area contributed by atoms with Crippen LogP contribution >= 0.6 is 12.2 Å². The van der Waals surface area contributed by atoms with Gasteiger partial charge >= 0.3 is 12.0 Å². The molecule has 338 valence electrons. The second kappa shape index (κ2) is 44.9. The highest BCUT2D eigenvalue weighted by atomic mass is 32.1. The summed E-state index contributed by atoms with van der Waals surface area (Å²) in [6.07, 6.45) is 0. The van der Waals surface area contributed by atoms with Gasteiger partial charge in [0.1, 0.15) is 0 Å². The van der Waals surface area contributed by atoms with Gasteiger partial charge in [0.15, 0.2) is 10.9 Å². The fourth-order valence-electron chi connectivity index (χ4n) is 2.76. The van der Waals surface area contributed by atoms with Crippen LogP contribution in [-0.2, 0) is 19.1 Å². The lowest BCUT2D eigenvalue weighted by molar-refractivity contribution is -0.144. The number of esters is 1. The number of amides is 4. The molecule has 1 rings (SSSR count). The van der Waals surface area contributed by atoms with Gasteiger partial charge in [-0.3, -0.25) is 19.2 Å². The van der Waals surface area contributed by atoms with Gasteiger partial charge in [0, 0.05) is 76.7 Å². The van der Waals surface area contributed by atoms with Crippen LogP contribution < -0.4 is 26.6 Å². The number of hydrogen-bond acceptors (Lipinski definition) is 8. The Morgan fingerprint density at radius 3 is 1.12 bits per heavy atom. The Hall–Kier alpha value is -3.78. The van der Waals surface area contributed by atoms with Crippen molar-refractivity contribution in [1.82, 2.24) is 36.4 Å². The first-order valence-corrected chi connectivity index (χ1v) is 20.2. The van der Waals surface area contributed by atoms with Crippen molar-refractivity contribution in [3.8, 4) is 0 Å². The zero-order valence-corrected chi connectivity index (χ0v) is 41.5. The van der Waals surface area contributed by atoms with Crippen molar-refractivity contribution >= 4 is 46.9 Å². The molecule has 13 nitrogen and oxygen atoms in total. The highest BCUT2D eigenvalue weighted by Crippen LogP contribution is 2.06. The Bertz CT molecular complexity index is 1090. The molecule has 57 heavy (non-hydrogen) atoms. The third-order valence-corrected chi connectivity index (χ3v) is 6.33. The SMILES string of the molecule is CC.CC(=O)NC(C)C.CC(C)C(=O)N(C)C.CC(C)C(=O)c1ccccc1.CC(C)N(C)C.CNC(=O)NC(C)C.CNC(=S)NC(C)C.COC(=O)C(C)C. The highest BCUT2D eigenvalue weighted by Gasteiger charge is 2.08. The quantitative estimate of drug-likeness (QED) is 0.102. The van der Waals surface area contributed by atoms with Crippen LogP contribution in [0.2, 0.25) is 0 Å². The first-order chi connectivity index (χ1) is 26.0. The molecule has 0 unspecified atom stereocenters. The van der Waals surface area contributed by atoms with E-state index in [2.05, 4.69) is 64.2 Å². The number of Topliss-reactive ketones (excluding diaryl/α,β-unsaturated/α-hetero) is 1. The molecule has 0 radical (unpaired) electrons. The van der Waals surface area contributed by atoms with E-state index in [1.807, 2.05) is 113 Å². The summed E-state index contributed by atoms with van der Waals surface area (Å²) in [5, 5.41) is 14.3. The molecule has 5 N–H and O–H groups in total. The topological polar surface area (TPSA) is 161 Å². The average molecular weight is 832 g/mol. The summed E-state index contributed by atoms with van der Waals surface area (Å²) in [6.45, 7) is 32.8. The lowest BCUT2D eigenvalue weighted by atomic mass is 10.0. The Labute approximate surface area is 356 Å². The summed E-state index contributed by atoms with van der Waals surface area (Å²) in [7, 11) is 12.5. The number of methoxy groups -OCH3 is 1. The van der Waals surface area contributed by atoms with Crippen LogP contribution in [0.15, 0.2) is 30.3 Å². The van der Waals surface area contributed by atoms with Gasteiger partial charge in [0.25, 0.3) is 0 Å². The normalized spacial score (nSPS) is 9.33. The van der Waals surface area contributed by atoms with E-state index in [0.29, 0.717) is 17.2 Å². The number of ether oxygens (including phenoxy) is 1. The highest BCUT2D eigenvalue weighted by molar-refractivity contribution is 7.80. The van der Waals surface area contributed by atoms with Crippen LogP contribution in [0.25, 0.3) is 0 Å². The van der Waals surface area contributed by atoms with E-state index < -0.39 is 0 Å². The van der Waals surface area contributed by atoms with E-state index in [9.17, 15) is 24.0 Å². The monoisotopic (exact) mass is 832 g/mol. The molecule has 0 saturated heterocycles. The molecule has 1 aromatic rings. The number of ketones is 1. The molecule has 0 fully saturated rings. The summed E-state index contributed by atoms with van der Waals surface area (Å²) in [4.78, 5) is 56.7. The molecule has 0 saturated carbocycles.